The van der Waals surface area contributed by atoms with Crippen molar-refractivity contribution in [2.75, 3.05) is 12.4 Å². The SMILES string of the molecule is CNc1ncccc1S(=O)(=O)NCc1ncc(C)o1. The van der Waals surface area contributed by atoms with Crippen molar-refractivity contribution < 1.29 is 12.8 Å². The van der Waals surface area contributed by atoms with E-state index < -0.39 is 10.0 Å². The summed E-state index contributed by atoms with van der Waals surface area (Å²) in [6.07, 6.45) is 3.05. The largest absolute Gasteiger partial charge is 0.445 e. The second-order valence-corrected chi connectivity index (χ2v) is 5.52. The Morgan fingerprint density at radius 1 is 1.37 bits per heavy atom. The number of oxazole rings is 1. The number of hydrogen-bond donors (Lipinski definition) is 2. The number of nitrogens with one attached hydrogen (secondary N) is 2. The van der Waals surface area contributed by atoms with E-state index in [-0.39, 0.29) is 11.4 Å². The molecule has 0 atom stereocenters. The summed E-state index contributed by atoms with van der Waals surface area (Å²) < 4.78 is 31.9. The second-order valence-electron chi connectivity index (χ2n) is 3.79. The molecular weight excluding hydrogens is 268 g/mol. The highest BCUT2D eigenvalue weighted by molar-refractivity contribution is 7.89. The fourth-order valence-corrected chi connectivity index (χ4v) is 2.65. The molecule has 0 saturated heterocycles. The van der Waals surface area contributed by atoms with Gasteiger partial charge in [0, 0.05) is 13.2 Å². The van der Waals surface area contributed by atoms with Gasteiger partial charge in [-0.15, -0.1) is 0 Å². The third-order valence-corrected chi connectivity index (χ3v) is 3.81. The van der Waals surface area contributed by atoms with Crippen LogP contribution in [0.25, 0.3) is 0 Å². The Labute approximate surface area is 111 Å². The van der Waals surface area contributed by atoms with Crippen molar-refractivity contribution in [3.63, 3.8) is 0 Å². The predicted octanol–water partition coefficient (Wildman–Crippen LogP) is 0.898. The minimum Gasteiger partial charge on any atom is -0.445 e. The van der Waals surface area contributed by atoms with E-state index in [9.17, 15) is 8.42 Å². The molecule has 0 aromatic carbocycles. The van der Waals surface area contributed by atoms with Crippen LogP contribution in [0.1, 0.15) is 11.7 Å². The number of sulfonamides is 1. The third kappa shape index (κ3) is 3.09. The highest BCUT2D eigenvalue weighted by Gasteiger charge is 2.19. The van der Waals surface area contributed by atoms with Crippen LogP contribution in [0, 0.1) is 6.92 Å². The Morgan fingerprint density at radius 3 is 2.79 bits per heavy atom. The first-order chi connectivity index (χ1) is 9.03. The van der Waals surface area contributed by atoms with Crippen LogP contribution in [0.15, 0.2) is 33.8 Å². The van der Waals surface area contributed by atoms with Gasteiger partial charge in [0.2, 0.25) is 15.9 Å². The Kier molecular flexibility index (Phi) is 3.82. The molecule has 2 N–H and O–H groups in total. The average molecular weight is 282 g/mol. The van der Waals surface area contributed by atoms with Crippen LogP contribution in [0.4, 0.5) is 5.82 Å². The molecule has 2 heterocycles. The first-order valence-electron chi connectivity index (χ1n) is 5.56. The van der Waals surface area contributed by atoms with Gasteiger partial charge in [0.05, 0.1) is 12.7 Å². The second kappa shape index (κ2) is 5.37. The quantitative estimate of drug-likeness (QED) is 0.845. The molecule has 2 aromatic rings. The fraction of sp³-hybridized carbons (Fsp3) is 0.273. The van der Waals surface area contributed by atoms with Gasteiger partial charge in [0.1, 0.15) is 16.5 Å². The molecule has 102 valence electrons. The van der Waals surface area contributed by atoms with E-state index in [1.807, 2.05) is 0 Å². The molecule has 7 nitrogen and oxygen atoms in total. The highest BCUT2D eigenvalue weighted by Crippen LogP contribution is 2.17. The number of hydrogen-bond acceptors (Lipinski definition) is 6. The summed E-state index contributed by atoms with van der Waals surface area (Å²) in [5.41, 5.74) is 0. The van der Waals surface area contributed by atoms with Gasteiger partial charge >= 0.3 is 0 Å². The lowest BCUT2D eigenvalue weighted by atomic mass is 10.5. The van der Waals surface area contributed by atoms with Gasteiger partial charge in [-0.1, -0.05) is 0 Å². The molecule has 0 saturated carbocycles. The van der Waals surface area contributed by atoms with Crippen molar-refractivity contribution in [3.05, 3.63) is 36.2 Å². The van der Waals surface area contributed by atoms with Crippen molar-refractivity contribution in [2.24, 2.45) is 0 Å². The Bertz CT molecular complexity index is 666. The van der Waals surface area contributed by atoms with Gasteiger partial charge in [0.25, 0.3) is 0 Å². The van der Waals surface area contributed by atoms with E-state index >= 15 is 0 Å². The third-order valence-electron chi connectivity index (χ3n) is 2.38. The summed E-state index contributed by atoms with van der Waals surface area (Å²) in [5, 5.41) is 2.73. The topological polar surface area (TPSA) is 97.1 Å². The molecule has 0 radical (unpaired) electrons. The predicted molar refractivity (Wildman–Crippen MR) is 69.0 cm³/mol. The van der Waals surface area contributed by atoms with Crippen LogP contribution in [-0.4, -0.2) is 25.4 Å². The summed E-state index contributed by atoms with van der Waals surface area (Å²) in [7, 11) is -2.06. The maximum Gasteiger partial charge on any atom is 0.244 e. The minimum atomic E-state index is -3.67. The van der Waals surface area contributed by atoms with Gasteiger partial charge in [-0.25, -0.2) is 23.1 Å². The Balaban J connectivity index is 2.18. The van der Waals surface area contributed by atoms with Crippen molar-refractivity contribution in [2.45, 2.75) is 18.4 Å². The van der Waals surface area contributed by atoms with E-state index in [1.165, 1.54) is 18.5 Å². The van der Waals surface area contributed by atoms with Gasteiger partial charge in [-0.05, 0) is 19.1 Å². The molecular formula is C11H14N4O3S. The zero-order chi connectivity index (χ0) is 13.9. The van der Waals surface area contributed by atoms with Crippen LogP contribution in [-0.2, 0) is 16.6 Å². The molecule has 2 rings (SSSR count). The van der Waals surface area contributed by atoms with Gasteiger partial charge in [-0.3, -0.25) is 0 Å². The van der Waals surface area contributed by atoms with Crippen LogP contribution in [0.5, 0.6) is 0 Å². The molecule has 0 aliphatic carbocycles. The zero-order valence-electron chi connectivity index (χ0n) is 10.5. The van der Waals surface area contributed by atoms with Crippen LogP contribution >= 0.6 is 0 Å². The molecule has 0 aliphatic heterocycles. The number of aromatic nitrogens is 2. The Hall–Kier alpha value is -1.93. The average Bonchev–Trinajstić information content (AvgIpc) is 2.82. The van der Waals surface area contributed by atoms with Crippen molar-refractivity contribution in [1.29, 1.82) is 0 Å². The van der Waals surface area contributed by atoms with Crippen LogP contribution < -0.4 is 10.0 Å². The molecule has 0 fully saturated rings. The van der Waals surface area contributed by atoms with E-state index in [2.05, 4.69) is 20.0 Å². The van der Waals surface area contributed by atoms with Gasteiger partial charge in [0.15, 0.2) is 0 Å². The van der Waals surface area contributed by atoms with E-state index in [1.54, 1.807) is 20.0 Å². The lowest BCUT2D eigenvalue weighted by Gasteiger charge is -2.08. The standard InChI is InChI=1S/C11H14N4O3S/c1-8-6-14-10(18-8)7-15-19(16,17)9-4-3-5-13-11(9)12-2/h3-6,15H,7H2,1-2H3,(H,12,13). The van der Waals surface area contributed by atoms with Crippen LogP contribution in [0.3, 0.4) is 0 Å². The molecule has 0 bridgehead atoms. The molecule has 0 unspecified atom stereocenters. The molecule has 8 heteroatoms. The lowest BCUT2D eigenvalue weighted by molar-refractivity contribution is 0.463. The van der Waals surface area contributed by atoms with Crippen molar-refractivity contribution in [1.82, 2.24) is 14.7 Å². The number of aryl methyl sites for hydroxylation is 1. The van der Waals surface area contributed by atoms with Crippen molar-refractivity contribution in [3.8, 4) is 0 Å². The fourth-order valence-electron chi connectivity index (χ4n) is 1.51. The number of nitrogens with zero attached hydrogens (tertiary/aromatic N) is 2. The molecule has 19 heavy (non-hydrogen) atoms. The maximum absolute atomic E-state index is 12.1. The summed E-state index contributed by atoms with van der Waals surface area (Å²) >= 11 is 0. The van der Waals surface area contributed by atoms with Crippen LogP contribution in [0.2, 0.25) is 0 Å². The van der Waals surface area contributed by atoms with Gasteiger partial charge in [-0.2, -0.15) is 0 Å². The molecule has 0 aliphatic rings. The smallest absolute Gasteiger partial charge is 0.244 e. The number of rotatable bonds is 5. The summed E-state index contributed by atoms with van der Waals surface area (Å²) in [6, 6.07) is 3.03. The monoisotopic (exact) mass is 282 g/mol. The van der Waals surface area contributed by atoms with Crippen molar-refractivity contribution >= 4 is 15.8 Å². The Morgan fingerprint density at radius 2 is 2.16 bits per heavy atom. The van der Waals surface area contributed by atoms with E-state index in [0.717, 1.165) is 0 Å². The highest BCUT2D eigenvalue weighted by atomic mass is 32.2. The molecule has 0 spiro atoms. The number of anilines is 1. The van der Waals surface area contributed by atoms with E-state index in [0.29, 0.717) is 17.5 Å². The summed E-state index contributed by atoms with van der Waals surface area (Å²) in [6.45, 7) is 1.74. The minimum absolute atomic E-state index is 0.00573. The number of pyridine rings is 1. The lowest BCUT2D eigenvalue weighted by Crippen LogP contribution is -2.24. The first kappa shape index (κ1) is 13.5. The summed E-state index contributed by atoms with van der Waals surface area (Å²) in [4.78, 5) is 7.97. The normalized spacial score (nSPS) is 11.5. The van der Waals surface area contributed by atoms with Gasteiger partial charge < -0.3 is 9.73 Å². The zero-order valence-corrected chi connectivity index (χ0v) is 11.4. The maximum atomic E-state index is 12.1. The first-order valence-corrected chi connectivity index (χ1v) is 7.05. The van der Waals surface area contributed by atoms with E-state index in [4.69, 9.17) is 4.42 Å². The molecule has 2 aromatic heterocycles. The summed E-state index contributed by atoms with van der Waals surface area (Å²) in [5.74, 6) is 1.24. The molecule has 0 amide bonds.